The Morgan fingerprint density at radius 1 is 1.00 bits per heavy atom. The average molecular weight is 440 g/mol. The van der Waals surface area contributed by atoms with Crippen molar-refractivity contribution in [3.63, 3.8) is 0 Å². The van der Waals surface area contributed by atoms with Gasteiger partial charge >= 0.3 is 0 Å². The summed E-state index contributed by atoms with van der Waals surface area (Å²) in [7, 11) is 0. The quantitative estimate of drug-likeness (QED) is 0.578. The summed E-state index contributed by atoms with van der Waals surface area (Å²) in [5, 5.41) is 12.7. The lowest BCUT2D eigenvalue weighted by Gasteiger charge is -2.30. The fourth-order valence-corrected chi connectivity index (χ4v) is 3.49. The van der Waals surface area contributed by atoms with Crippen molar-refractivity contribution in [2.24, 2.45) is 0 Å². The zero-order valence-electron chi connectivity index (χ0n) is 16.5. The van der Waals surface area contributed by atoms with E-state index in [9.17, 15) is 9.90 Å². The van der Waals surface area contributed by atoms with E-state index in [0.29, 0.717) is 19.4 Å². The number of aliphatic hydroxyl groups excluding tert-OH is 1. The topological polar surface area (TPSA) is 78.6 Å². The van der Waals surface area contributed by atoms with Crippen LogP contribution in [0.5, 0.6) is 0 Å². The number of halogens is 2. The van der Waals surface area contributed by atoms with E-state index in [-0.39, 0.29) is 36.8 Å². The molecule has 2 aromatic rings. The lowest BCUT2D eigenvalue weighted by Crippen LogP contribution is -2.35. The van der Waals surface area contributed by atoms with Gasteiger partial charge in [0.2, 0.25) is 5.91 Å². The predicted octanol–water partition coefficient (Wildman–Crippen LogP) is 3.32. The Morgan fingerprint density at radius 2 is 1.59 bits per heavy atom. The second-order valence-electron chi connectivity index (χ2n) is 7.25. The molecule has 1 aliphatic heterocycles. The van der Waals surface area contributed by atoms with Crippen molar-refractivity contribution in [3.05, 3.63) is 65.2 Å². The number of nitrogens with one attached hydrogen (secondary N) is 1. The van der Waals surface area contributed by atoms with Gasteiger partial charge in [-0.2, -0.15) is 0 Å². The van der Waals surface area contributed by atoms with Gasteiger partial charge in [-0.25, -0.2) is 0 Å². The first-order valence-electron chi connectivity index (χ1n) is 9.69. The van der Waals surface area contributed by atoms with Gasteiger partial charge in [0.05, 0.1) is 6.10 Å². The average Bonchev–Trinajstić information content (AvgIpc) is 2.68. The number of rotatable bonds is 7. The maximum absolute atomic E-state index is 12.2. The summed E-state index contributed by atoms with van der Waals surface area (Å²) in [4.78, 5) is 14.6. The van der Waals surface area contributed by atoms with Crippen LogP contribution in [0.3, 0.4) is 0 Å². The smallest absolute Gasteiger partial charge is 0.220 e. The molecule has 0 aromatic heterocycles. The van der Waals surface area contributed by atoms with Gasteiger partial charge in [0.25, 0.3) is 0 Å². The van der Waals surface area contributed by atoms with E-state index in [0.717, 1.165) is 49.3 Å². The Morgan fingerprint density at radius 3 is 2.24 bits per heavy atom. The third-order valence-corrected chi connectivity index (χ3v) is 5.22. The van der Waals surface area contributed by atoms with Crippen molar-refractivity contribution in [1.82, 2.24) is 10.2 Å². The summed E-state index contributed by atoms with van der Waals surface area (Å²) in [5.41, 5.74) is 10.1. The van der Waals surface area contributed by atoms with E-state index in [4.69, 9.17) is 5.73 Å². The standard InChI is InChI=1S/C22H29N3O2.2ClH/c23-21-8-4-3-5-17(21)9-10-22(27)24-15-18-6-1-2-7-19(18)16-25-13-11-20(26)12-14-25;;/h1-8,20,26H,9-16,23H2,(H,24,27);2*1H. The van der Waals surface area contributed by atoms with Crippen LogP contribution in [0.4, 0.5) is 5.69 Å². The molecular formula is C22H31Cl2N3O2. The molecule has 0 radical (unpaired) electrons. The van der Waals surface area contributed by atoms with Crippen molar-refractivity contribution < 1.29 is 9.90 Å². The summed E-state index contributed by atoms with van der Waals surface area (Å²) in [6.07, 6.45) is 2.59. The van der Waals surface area contributed by atoms with Crippen LogP contribution in [-0.2, 0) is 24.3 Å². The SMILES string of the molecule is Cl.Cl.Nc1ccccc1CCC(=O)NCc1ccccc1CN1CCC(O)CC1. The molecule has 0 atom stereocenters. The maximum atomic E-state index is 12.2. The molecule has 1 amide bonds. The molecule has 1 heterocycles. The lowest BCUT2D eigenvalue weighted by molar-refractivity contribution is -0.121. The van der Waals surface area contributed by atoms with Crippen LogP contribution in [0.2, 0.25) is 0 Å². The third kappa shape index (κ3) is 7.86. The fraction of sp³-hybridized carbons (Fsp3) is 0.409. The number of anilines is 1. The molecule has 1 aliphatic rings. The molecule has 160 valence electrons. The summed E-state index contributed by atoms with van der Waals surface area (Å²) >= 11 is 0. The van der Waals surface area contributed by atoms with E-state index >= 15 is 0 Å². The van der Waals surface area contributed by atoms with Crippen LogP contribution in [0.25, 0.3) is 0 Å². The van der Waals surface area contributed by atoms with Gasteiger partial charge in [0.1, 0.15) is 0 Å². The number of benzene rings is 2. The van der Waals surface area contributed by atoms with Crippen molar-refractivity contribution in [2.75, 3.05) is 18.8 Å². The third-order valence-electron chi connectivity index (χ3n) is 5.22. The Balaban J connectivity index is 0.00000210. The van der Waals surface area contributed by atoms with Crippen LogP contribution >= 0.6 is 24.8 Å². The molecule has 0 aliphatic carbocycles. The minimum atomic E-state index is -0.158. The summed E-state index contributed by atoms with van der Waals surface area (Å²) < 4.78 is 0. The minimum absolute atomic E-state index is 0. The second-order valence-corrected chi connectivity index (χ2v) is 7.25. The van der Waals surface area contributed by atoms with Crippen LogP contribution < -0.4 is 11.1 Å². The first-order valence-corrected chi connectivity index (χ1v) is 9.69. The number of carbonyl (C=O) groups is 1. The van der Waals surface area contributed by atoms with Gasteiger partial charge in [-0.05, 0) is 42.0 Å². The van der Waals surface area contributed by atoms with Gasteiger partial charge in [0, 0.05) is 38.3 Å². The number of hydrogen-bond acceptors (Lipinski definition) is 4. The van der Waals surface area contributed by atoms with Crippen molar-refractivity contribution in [1.29, 1.82) is 0 Å². The Labute approximate surface area is 185 Å². The van der Waals surface area contributed by atoms with Gasteiger partial charge in [-0.1, -0.05) is 42.5 Å². The molecule has 1 fully saturated rings. The molecule has 0 saturated carbocycles. The number of hydrogen-bond donors (Lipinski definition) is 3. The highest BCUT2D eigenvalue weighted by Crippen LogP contribution is 2.17. The van der Waals surface area contributed by atoms with Gasteiger partial charge < -0.3 is 16.2 Å². The Kier molecular flexibility index (Phi) is 11.1. The molecule has 7 heteroatoms. The monoisotopic (exact) mass is 439 g/mol. The van der Waals surface area contributed by atoms with Crippen LogP contribution in [0.1, 0.15) is 36.0 Å². The number of likely N-dealkylation sites (tertiary alicyclic amines) is 1. The Hall–Kier alpha value is -1.79. The molecule has 5 nitrogen and oxygen atoms in total. The van der Waals surface area contributed by atoms with Crippen LogP contribution in [-0.4, -0.2) is 35.1 Å². The normalized spacial score (nSPS) is 14.5. The van der Waals surface area contributed by atoms with E-state index in [2.05, 4.69) is 22.3 Å². The van der Waals surface area contributed by atoms with E-state index in [1.807, 2.05) is 36.4 Å². The molecule has 29 heavy (non-hydrogen) atoms. The molecule has 0 spiro atoms. The van der Waals surface area contributed by atoms with Gasteiger partial charge in [-0.15, -0.1) is 24.8 Å². The summed E-state index contributed by atoms with van der Waals surface area (Å²) in [6, 6.07) is 15.9. The molecule has 0 bridgehead atoms. The molecule has 2 aromatic carbocycles. The fourth-order valence-electron chi connectivity index (χ4n) is 3.49. The number of nitrogens with zero attached hydrogens (tertiary/aromatic N) is 1. The molecule has 3 rings (SSSR count). The van der Waals surface area contributed by atoms with E-state index in [1.165, 1.54) is 5.56 Å². The highest BCUT2D eigenvalue weighted by Gasteiger charge is 2.17. The van der Waals surface area contributed by atoms with Crippen molar-refractivity contribution >= 4 is 36.4 Å². The molecule has 4 N–H and O–H groups in total. The highest BCUT2D eigenvalue weighted by atomic mass is 35.5. The summed E-state index contributed by atoms with van der Waals surface area (Å²) in [6.45, 7) is 3.23. The number of para-hydroxylation sites is 1. The van der Waals surface area contributed by atoms with Gasteiger partial charge in [0.15, 0.2) is 0 Å². The summed E-state index contributed by atoms with van der Waals surface area (Å²) in [5.74, 6) is 0.0363. The molecule has 1 saturated heterocycles. The number of nitrogen functional groups attached to an aromatic ring is 1. The van der Waals surface area contributed by atoms with Gasteiger partial charge in [-0.3, -0.25) is 9.69 Å². The zero-order valence-corrected chi connectivity index (χ0v) is 18.2. The molecule has 0 unspecified atom stereocenters. The maximum Gasteiger partial charge on any atom is 0.220 e. The number of carbonyl (C=O) groups excluding carboxylic acids is 1. The van der Waals surface area contributed by atoms with Crippen molar-refractivity contribution in [3.8, 4) is 0 Å². The zero-order chi connectivity index (χ0) is 19.1. The largest absolute Gasteiger partial charge is 0.399 e. The second kappa shape index (κ2) is 12.7. The first kappa shape index (κ1) is 25.2. The number of amides is 1. The van der Waals surface area contributed by atoms with E-state index < -0.39 is 0 Å². The lowest BCUT2D eigenvalue weighted by atomic mass is 10.0. The molecular weight excluding hydrogens is 409 g/mol. The minimum Gasteiger partial charge on any atom is -0.399 e. The van der Waals surface area contributed by atoms with E-state index in [1.54, 1.807) is 0 Å². The number of aryl methyl sites for hydroxylation is 1. The number of piperidine rings is 1. The first-order chi connectivity index (χ1) is 13.1. The van der Waals surface area contributed by atoms with Crippen molar-refractivity contribution in [2.45, 2.75) is 44.9 Å². The Bertz CT molecular complexity index is 765. The number of nitrogens with two attached hydrogens (primary N) is 1. The number of aliphatic hydroxyl groups is 1. The van der Waals surface area contributed by atoms with Crippen LogP contribution in [0, 0.1) is 0 Å². The predicted molar refractivity (Wildman–Crippen MR) is 122 cm³/mol. The van der Waals surface area contributed by atoms with Crippen LogP contribution in [0.15, 0.2) is 48.5 Å². The highest BCUT2D eigenvalue weighted by molar-refractivity contribution is 5.85.